The van der Waals surface area contributed by atoms with Crippen LogP contribution in [0.1, 0.15) is 84.0 Å². The van der Waals surface area contributed by atoms with E-state index in [1.54, 1.807) is 0 Å². The largest absolute Gasteiger partial charge is 1.00 e. The fourth-order valence-electron chi connectivity index (χ4n) is 2.97. The third kappa shape index (κ3) is 14.2. The normalized spacial score (nSPS) is 16.8. The number of hydrogen-bond donors (Lipinski definition) is 1. The highest BCUT2D eigenvalue weighted by Gasteiger charge is 2.11. The summed E-state index contributed by atoms with van der Waals surface area (Å²) >= 11 is 2.10. The minimum Gasteiger partial charge on any atom is -1.00 e. The Morgan fingerprint density at radius 3 is 1.87 bits per heavy atom. The third-order valence-corrected chi connectivity index (χ3v) is 5.51. The lowest BCUT2D eigenvalue weighted by Gasteiger charge is -2.13. The predicted molar refractivity (Wildman–Crippen MR) is 101 cm³/mol. The van der Waals surface area contributed by atoms with Crippen molar-refractivity contribution in [2.45, 2.75) is 84.0 Å². The van der Waals surface area contributed by atoms with E-state index >= 15 is 0 Å². The van der Waals surface area contributed by atoms with Gasteiger partial charge >= 0.3 is 0 Å². The lowest BCUT2D eigenvalue weighted by atomic mass is 10.1. The second-order valence-corrected chi connectivity index (χ2v) is 7.91. The molecular weight excluding hydrogens is 324 g/mol. The van der Waals surface area contributed by atoms with Crippen LogP contribution in [-0.2, 0) is 0 Å². The molecule has 0 radical (unpaired) electrons. The summed E-state index contributed by atoms with van der Waals surface area (Å²) in [6, 6.07) is 0. The van der Waals surface area contributed by atoms with Crippen LogP contribution in [-0.4, -0.2) is 30.2 Å². The van der Waals surface area contributed by atoms with E-state index in [2.05, 4.69) is 43.0 Å². The zero-order valence-electron chi connectivity index (χ0n) is 15.5. The maximum absolute atomic E-state index is 2.42. The summed E-state index contributed by atoms with van der Waals surface area (Å²) in [4.78, 5) is 3.91. The molecule has 1 rings (SSSR count). The summed E-state index contributed by atoms with van der Waals surface area (Å²) in [5.41, 5.74) is 0. The molecule has 0 aromatic rings. The van der Waals surface area contributed by atoms with Gasteiger partial charge in [-0.05, 0) is 12.2 Å². The van der Waals surface area contributed by atoms with Gasteiger partial charge in [0.2, 0.25) is 0 Å². The minimum absolute atomic E-state index is 0. The van der Waals surface area contributed by atoms with Gasteiger partial charge in [-0.1, -0.05) is 77.6 Å². The van der Waals surface area contributed by atoms with E-state index in [0.717, 1.165) is 6.67 Å². The van der Waals surface area contributed by atoms with Crippen LogP contribution in [0.15, 0.2) is 12.4 Å². The highest BCUT2D eigenvalue weighted by Crippen LogP contribution is 2.13. The molecule has 1 N–H and O–H groups in total. The van der Waals surface area contributed by atoms with E-state index in [9.17, 15) is 0 Å². The van der Waals surface area contributed by atoms with Gasteiger partial charge in [0.1, 0.15) is 6.20 Å². The minimum atomic E-state index is 0. The topological polar surface area (TPSA) is 7.68 Å². The average molecular weight is 363 g/mol. The van der Waals surface area contributed by atoms with Crippen LogP contribution in [0.5, 0.6) is 0 Å². The van der Waals surface area contributed by atoms with Crippen LogP contribution < -0.4 is 17.3 Å². The molecule has 0 saturated carbocycles. The molecule has 0 bridgehead atoms. The molecule has 0 aliphatic carbocycles. The summed E-state index contributed by atoms with van der Waals surface area (Å²) in [6.07, 6.45) is 21.8. The van der Waals surface area contributed by atoms with Crippen LogP contribution >= 0.6 is 11.8 Å². The van der Waals surface area contributed by atoms with Crippen molar-refractivity contribution >= 4 is 11.8 Å². The Labute approximate surface area is 155 Å². The molecule has 4 heteroatoms. The van der Waals surface area contributed by atoms with Gasteiger partial charge in [-0.2, -0.15) is 0 Å². The molecule has 1 atom stereocenters. The van der Waals surface area contributed by atoms with Crippen LogP contribution in [0.3, 0.4) is 0 Å². The van der Waals surface area contributed by atoms with Gasteiger partial charge in [0.15, 0.2) is 6.67 Å². The van der Waals surface area contributed by atoms with E-state index in [4.69, 9.17) is 0 Å². The number of hydrogen-bond acceptors (Lipinski definition) is 2. The molecule has 1 heterocycles. The Morgan fingerprint density at radius 2 is 1.39 bits per heavy atom. The summed E-state index contributed by atoms with van der Waals surface area (Å²) in [5, 5.41) is 0. The van der Waals surface area contributed by atoms with Crippen LogP contribution in [0.25, 0.3) is 0 Å². The zero-order valence-corrected chi connectivity index (χ0v) is 17.1. The van der Waals surface area contributed by atoms with Gasteiger partial charge in [-0.25, -0.2) is 0 Å². The van der Waals surface area contributed by atoms with E-state index in [-0.39, 0.29) is 12.4 Å². The number of thioether (sulfide) groups is 1. The monoisotopic (exact) mass is 362 g/mol. The highest BCUT2D eigenvalue weighted by atomic mass is 35.5. The van der Waals surface area contributed by atoms with Gasteiger partial charge in [-0.3, -0.25) is 4.90 Å². The molecule has 1 aliphatic rings. The van der Waals surface area contributed by atoms with Crippen LogP contribution in [0, 0.1) is 0 Å². The Balaban J connectivity index is 0.00000484. The number of unbranched alkanes of at least 4 members (excludes halogenated alkanes) is 11. The molecule has 0 aromatic carbocycles. The molecule has 0 fully saturated rings. The lowest BCUT2D eigenvalue weighted by molar-refractivity contribution is -0.826. The molecule has 0 saturated heterocycles. The Bertz CT molecular complexity index is 274. The van der Waals surface area contributed by atoms with Gasteiger partial charge in [0, 0.05) is 0 Å². The summed E-state index contributed by atoms with van der Waals surface area (Å²) < 4.78 is 0. The van der Waals surface area contributed by atoms with E-state index in [0.29, 0.717) is 0 Å². The number of nitrogens with one attached hydrogen (secondary N) is 1. The summed E-state index contributed by atoms with van der Waals surface area (Å²) in [6.45, 7) is 3.44. The molecule has 1 aliphatic heterocycles. The average Bonchev–Trinajstić information content (AvgIpc) is 2.93. The summed E-state index contributed by atoms with van der Waals surface area (Å²) in [7, 11) is 2.21. The van der Waals surface area contributed by atoms with Crippen molar-refractivity contribution in [3.05, 3.63) is 12.4 Å². The SMILES string of the molecule is CCCCCCCCCCCCCCSCN1C=C[NH+](C)C1.[Cl-]. The zero-order chi connectivity index (χ0) is 15.9. The van der Waals surface area contributed by atoms with Crippen molar-refractivity contribution in [3.8, 4) is 0 Å². The van der Waals surface area contributed by atoms with Gasteiger partial charge in [0.05, 0.1) is 19.1 Å². The molecule has 0 spiro atoms. The Morgan fingerprint density at radius 1 is 0.870 bits per heavy atom. The maximum atomic E-state index is 2.42. The quantitative estimate of drug-likeness (QED) is 0.443. The molecular formula is C19H39ClN2S. The predicted octanol–water partition coefficient (Wildman–Crippen LogP) is 1.64. The maximum Gasteiger partial charge on any atom is 0.157 e. The molecule has 0 amide bonds. The Kier molecular flexibility index (Phi) is 17.1. The van der Waals surface area contributed by atoms with Gasteiger partial charge in [0.25, 0.3) is 0 Å². The number of nitrogens with zero attached hydrogens (tertiary/aromatic N) is 1. The van der Waals surface area contributed by atoms with Crippen molar-refractivity contribution in [1.82, 2.24) is 4.90 Å². The first-order valence-corrected chi connectivity index (χ1v) is 10.8. The van der Waals surface area contributed by atoms with Crippen LogP contribution in [0.2, 0.25) is 0 Å². The number of rotatable bonds is 15. The fraction of sp³-hybridized carbons (Fsp3) is 0.895. The number of quaternary nitrogens is 1. The molecule has 2 nitrogen and oxygen atoms in total. The Hall–Kier alpha value is 0.140. The molecule has 23 heavy (non-hydrogen) atoms. The van der Waals surface area contributed by atoms with Gasteiger partial charge < -0.3 is 17.3 Å². The lowest BCUT2D eigenvalue weighted by Crippen LogP contribution is -3.03. The summed E-state index contributed by atoms with van der Waals surface area (Å²) in [5.74, 6) is 2.51. The smallest absolute Gasteiger partial charge is 0.157 e. The molecule has 138 valence electrons. The van der Waals surface area contributed by atoms with Gasteiger partial charge in [-0.15, -0.1) is 11.8 Å². The number of halogens is 1. The van der Waals surface area contributed by atoms with Crippen molar-refractivity contribution in [2.75, 3.05) is 25.3 Å². The highest BCUT2D eigenvalue weighted by molar-refractivity contribution is 7.99. The first-order valence-electron chi connectivity index (χ1n) is 9.65. The standard InChI is InChI=1S/C19H38N2S.ClH/c1-3-4-5-6-7-8-9-10-11-12-13-14-17-22-19-21-16-15-20(2)18-21;/h15-16H,3-14,17-19H2,1-2H3;1H. The fourth-order valence-corrected chi connectivity index (χ4v) is 3.92. The first kappa shape index (κ1) is 23.1. The third-order valence-electron chi connectivity index (χ3n) is 4.42. The second-order valence-electron chi connectivity index (χ2n) is 6.84. The van der Waals surface area contributed by atoms with E-state index in [1.807, 2.05) is 0 Å². The first-order chi connectivity index (χ1) is 10.8. The van der Waals surface area contributed by atoms with E-state index < -0.39 is 0 Å². The van der Waals surface area contributed by atoms with Crippen molar-refractivity contribution in [1.29, 1.82) is 0 Å². The van der Waals surface area contributed by atoms with E-state index in [1.165, 1.54) is 93.6 Å². The van der Waals surface area contributed by atoms with Crippen molar-refractivity contribution in [2.24, 2.45) is 0 Å². The van der Waals surface area contributed by atoms with Crippen LogP contribution in [0.4, 0.5) is 0 Å². The molecule has 1 unspecified atom stereocenters. The second kappa shape index (κ2) is 17.0. The molecule has 0 aromatic heterocycles. The van der Waals surface area contributed by atoms with Crippen molar-refractivity contribution in [3.63, 3.8) is 0 Å². The van der Waals surface area contributed by atoms with Crippen molar-refractivity contribution < 1.29 is 17.3 Å².